The number of para-hydroxylation sites is 1. The van der Waals surface area contributed by atoms with Crippen molar-refractivity contribution in [1.29, 1.82) is 0 Å². The first kappa shape index (κ1) is 33.1. The number of phenols is 1. The average molecular weight is 611 g/mol. The van der Waals surface area contributed by atoms with E-state index in [1.807, 2.05) is 18.2 Å². The topological polar surface area (TPSA) is 267 Å². The van der Waals surface area contributed by atoms with Crippen LogP contribution in [0.5, 0.6) is 5.75 Å². The van der Waals surface area contributed by atoms with Crippen molar-refractivity contribution in [2.75, 3.05) is 0 Å². The monoisotopic (exact) mass is 610 g/mol. The molecule has 11 N–H and O–H groups in total. The van der Waals surface area contributed by atoms with Crippen LogP contribution in [0.3, 0.4) is 0 Å². The highest BCUT2D eigenvalue weighted by Crippen LogP contribution is 2.20. The van der Waals surface area contributed by atoms with Gasteiger partial charge in [0.05, 0.1) is 12.5 Å². The summed E-state index contributed by atoms with van der Waals surface area (Å²) in [6.45, 7) is 0. The third-order valence-electron chi connectivity index (χ3n) is 6.77. The summed E-state index contributed by atoms with van der Waals surface area (Å²) in [6.07, 6.45) is 0.285. The maximum atomic E-state index is 13.7. The number of hydrogen-bond acceptors (Lipinski definition) is 8. The van der Waals surface area contributed by atoms with Gasteiger partial charge in [-0.25, -0.2) is 4.79 Å². The van der Waals surface area contributed by atoms with Crippen molar-refractivity contribution >= 4 is 46.5 Å². The highest BCUT2D eigenvalue weighted by Gasteiger charge is 2.32. The Bertz CT molecular complexity index is 1520. The summed E-state index contributed by atoms with van der Waals surface area (Å²) >= 11 is 0. The maximum absolute atomic E-state index is 13.7. The molecule has 0 aliphatic rings. The van der Waals surface area contributed by atoms with Gasteiger partial charge in [-0.15, -0.1) is 0 Å². The maximum Gasteiger partial charge on any atom is 0.326 e. The predicted molar refractivity (Wildman–Crippen MR) is 156 cm³/mol. The van der Waals surface area contributed by atoms with Crippen LogP contribution in [0.25, 0.3) is 10.9 Å². The minimum Gasteiger partial charge on any atom is -0.508 e. The molecule has 0 bridgehead atoms. The molecule has 3 rings (SSSR count). The number of aromatic nitrogens is 1. The molecular weight excluding hydrogens is 576 g/mol. The number of carbonyl (C=O) groups excluding carboxylic acids is 4. The van der Waals surface area contributed by atoms with Crippen LogP contribution in [0.2, 0.25) is 0 Å². The van der Waals surface area contributed by atoms with Gasteiger partial charge in [-0.05, 0) is 35.7 Å². The molecule has 4 atom stereocenters. The number of aliphatic carboxylic acids is 2. The minimum absolute atomic E-state index is 0.0472. The number of benzene rings is 2. The van der Waals surface area contributed by atoms with Gasteiger partial charge in [-0.1, -0.05) is 30.3 Å². The first-order valence-electron chi connectivity index (χ1n) is 13.6. The zero-order chi connectivity index (χ0) is 32.4. The lowest BCUT2D eigenvalue weighted by Gasteiger charge is -2.25. The Labute approximate surface area is 251 Å². The van der Waals surface area contributed by atoms with E-state index in [4.69, 9.17) is 16.6 Å². The Morgan fingerprint density at radius 2 is 1.39 bits per heavy atom. The molecule has 0 saturated heterocycles. The number of hydrogen-bond donors (Lipinski definition) is 9. The SMILES string of the molecule is NC(=O)CCC(N)C(=O)NC(Cc1c[nH]c2ccccc12)C(=O)NC(Cc1ccc(O)cc1)C(=O)NC(CC(=O)O)C(=O)O. The van der Waals surface area contributed by atoms with E-state index >= 15 is 0 Å². The molecule has 2 aromatic carbocycles. The number of aromatic hydroxyl groups is 1. The molecule has 0 fully saturated rings. The van der Waals surface area contributed by atoms with Gasteiger partial charge in [-0.3, -0.25) is 24.0 Å². The van der Waals surface area contributed by atoms with Crippen LogP contribution in [-0.2, 0) is 41.6 Å². The zero-order valence-electron chi connectivity index (χ0n) is 23.5. The molecule has 0 aliphatic carbocycles. The molecule has 1 heterocycles. The van der Waals surface area contributed by atoms with Crippen molar-refractivity contribution in [2.24, 2.45) is 11.5 Å². The Balaban J connectivity index is 1.90. The summed E-state index contributed by atoms with van der Waals surface area (Å²) in [7, 11) is 0. The van der Waals surface area contributed by atoms with Crippen LogP contribution in [0, 0.1) is 0 Å². The molecular formula is C29H34N6O9. The first-order valence-corrected chi connectivity index (χ1v) is 13.6. The number of carboxylic acids is 2. The van der Waals surface area contributed by atoms with E-state index in [-0.39, 0.29) is 31.4 Å². The van der Waals surface area contributed by atoms with Crippen molar-refractivity contribution in [3.8, 4) is 5.75 Å². The van der Waals surface area contributed by atoms with Crippen molar-refractivity contribution in [3.05, 3.63) is 65.9 Å². The number of rotatable bonds is 16. The first-order chi connectivity index (χ1) is 20.8. The smallest absolute Gasteiger partial charge is 0.326 e. The number of phenolic OH excluding ortho intramolecular Hbond substituents is 1. The molecule has 0 aliphatic heterocycles. The van der Waals surface area contributed by atoms with E-state index in [1.165, 1.54) is 24.3 Å². The van der Waals surface area contributed by atoms with Gasteiger partial charge in [0.15, 0.2) is 0 Å². The lowest BCUT2D eigenvalue weighted by Crippen LogP contribution is -2.58. The summed E-state index contributed by atoms with van der Waals surface area (Å²) in [4.78, 5) is 76.9. The van der Waals surface area contributed by atoms with Gasteiger partial charge in [0.25, 0.3) is 0 Å². The Morgan fingerprint density at radius 1 is 0.795 bits per heavy atom. The van der Waals surface area contributed by atoms with E-state index in [0.717, 1.165) is 10.9 Å². The van der Waals surface area contributed by atoms with Gasteiger partial charge in [0.1, 0.15) is 23.9 Å². The summed E-state index contributed by atoms with van der Waals surface area (Å²) in [5.41, 5.74) is 13.0. The number of nitrogens with two attached hydrogens (primary N) is 2. The quantitative estimate of drug-likeness (QED) is 0.0980. The van der Waals surface area contributed by atoms with Crippen molar-refractivity contribution in [3.63, 3.8) is 0 Å². The third-order valence-corrected chi connectivity index (χ3v) is 6.77. The number of amides is 4. The van der Waals surface area contributed by atoms with Crippen molar-refractivity contribution < 1.29 is 44.1 Å². The van der Waals surface area contributed by atoms with Crippen molar-refractivity contribution in [2.45, 2.75) is 56.3 Å². The average Bonchev–Trinajstić information content (AvgIpc) is 3.38. The molecule has 15 heteroatoms. The van der Waals surface area contributed by atoms with E-state index < -0.39 is 66.2 Å². The number of primary amides is 1. The van der Waals surface area contributed by atoms with Gasteiger partial charge < -0.3 is 47.7 Å². The van der Waals surface area contributed by atoms with Gasteiger partial charge in [0.2, 0.25) is 23.6 Å². The molecule has 1 aromatic heterocycles. The number of aromatic amines is 1. The number of carbonyl (C=O) groups is 6. The van der Waals surface area contributed by atoms with Crippen LogP contribution in [0.15, 0.2) is 54.7 Å². The highest BCUT2D eigenvalue weighted by atomic mass is 16.4. The van der Waals surface area contributed by atoms with Crippen LogP contribution >= 0.6 is 0 Å². The second-order valence-electron chi connectivity index (χ2n) is 10.2. The molecule has 0 spiro atoms. The number of fused-ring (bicyclic) bond motifs is 1. The molecule has 3 aromatic rings. The van der Waals surface area contributed by atoms with E-state index in [9.17, 15) is 39.0 Å². The number of carboxylic acid groups (broad SMARTS) is 2. The second-order valence-corrected chi connectivity index (χ2v) is 10.2. The van der Waals surface area contributed by atoms with Crippen LogP contribution < -0.4 is 27.4 Å². The fraction of sp³-hybridized carbons (Fsp3) is 0.310. The molecule has 0 saturated carbocycles. The van der Waals surface area contributed by atoms with Gasteiger partial charge in [-0.2, -0.15) is 0 Å². The van der Waals surface area contributed by atoms with Crippen molar-refractivity contribution in [1.82, 2.24) is 20.9 Å². The molecule has 0 radical (unpaired) electrons. The summed E-state index contributed by atoms with van der Waals surface area (Å²) in [5, 5.41) is 36.1. The fourth-order valence-electron chi connectivity index (χ4n) is 4.43. The highest BCUT2D eigenvalue weighted by molar-refractivity contribution is 5.95. The van der Waals surface area contributed by atoms with Gasteiger partial charge >= 0.3 is 11.9 Å². The van der Waals surface area contributed by atoms with E-state index in [2.05, 4.69) is 20.9 Å². The molecule has 4 unspecified atom stereocenters. The largest absolute Gasteiger partial charge is 0.508 e. The normalized spacial score (nSPS) is 13.7. The second kappa shape index (κ2) is 15.2. The standard InChI is InChI=1S/C29H34N6O9/c30-19(9-10-24(31)37)26(40)33-22(12-16-14-32-20-4-2-1-3-18(16)20)28(42)34-21(11-15-5-7-17(36)8-6-15)27(41)35-23(29(43)44)13-25(38)39/h1-8,14,19,21-23,32,36H,9-13,30H2,(H2,31,37)(H,33,40)(H,34,42)(H,35,41)(H,38,39)(H,43,44). The zero-order valence-corrected chi connectivity index (χ0v) is 23.5. The van der Waals surface area contributed by atoms with Crippen LogP contribution in [0.4, 0.5) is 0 Å². The van der Waals surface area contributed by atoms with E-state index in [0.29, 0.717) is 11.1 Å². The molecule has 4 amide bonds. The Morgan fingerprint density at radius 3 is 2.00 bits per heavy atom. The van der Waals surface area contributed by atoms with Crippen LogP contribution in [-0.4, -0.2) is 80.0 Å². The number of nitrogens with one attached hydrogen (secondary N) is 4. The van der Waals surface area contributed by atoms with Crippen LogP contribution in [0.1, 0.15) is 30.4 Å². The summed E-state index contributed by atoms with van der Waals surface area (Å²) < 4.78 is 0. The molecule has 15 nitrogen and oxygen atoms in total. The minimum atomic E-state index is -1.79. The Hall–Kier alpha value is -5.44. The molecule has 234 valence electrons. The summed E-state index contributed by atoms with van der Waals surface area (Å²) in [6, 6.07) is 7.23. The fourth-order valence-corrected chi connectivity index (χ4v) is 4.43. The lowest BCUT2D eigenvalue weighted by atomic mass is 10.0. The van der Waals surface area contributed by atoms with Gasteiger partial charge in [0, 0.05) is 36.4 Å². The third kappa shape index (κ3) is 9.55. The number of H-pyrrole nitrogens is 1. The lowest BCUT2D eigenvalue weighted by molar-refractivity contribution is -0.147. The predicted octanol–water partition coefficient (Wildman–Crippen LogP) is -0.735. The Kier molecular flexibility index (Phi) is 11.4. The molecule has 44 heavy (non-hydrogen) atoms. The van der Waals surface area contributed by atoms with E-state index in [1.54, 1.807) is 12.3 Å². The summed E-state index contributed by atoms with van der Waals surface area (Å²) in [5.74, 6) is -6.34.